The fraction of sp³-hybridized carbons (Fsp3) is 0.900. The third kappa shape index (κ3) is 1.94. The van der Waals surface area contributed by atoms with Crippen LogP contribution in [0.25, 0.3) is 0 Å². The Morgan fingerprint density at radius 1 is 1.33 bits per heavy atom. The average molecular weight is 213 g/mol. The van der Waals surface area contributed by atoms with Gasteiger partial charge in [-0.1, -0.05) is 0 Å². The summed E-state index contributed by atoms with van der Waals surface area (Å²) in [5.41, 5.74) is -0.0847. The quantitative estimate of drug-likeness (QED) is 0.553. The molecule has 0 aromatic carbocycles. The monoisotopic (exact) mass is 213 g/mol. The number of nitrogens with zero attached hydrogens (tertiary/aromatic N) is 3. The number of hydrogen-bond donors (Lipinski definition) is 0. The number of carbonyl (C=O) groups is 1. The molecule has 0 aromatic heterocycles. The van der Waals surface area contributed by atoms with Crippen LogP contribution in [0.2, 0.25) is 0 Å². The maximum atomic E-state index is 11.6. The molecule has 5 nitrogen and oxygen atoms in total. The smallest absolute Gasteiger partial charge is 0.319 e. The van der Waals surface area contributed by atoms with E-state index in [4.69, 9.17) is 4.74 Å². The third-order valence-electron chi connectivity index (χ3n) is 3.05. The van der Waals surface area contributed by atoms with Crippen molar-refractivity contribution in [2.45, 2.75) is 5.60 Å². The number of ether oxygens (including phenoxy) is 1. The second-order valence-electron chi connectivity index (χ2n) is 4.80. The highest BCUT2D eigenvalue weighted by Gasteiger charge is 2.48. The van der Waals surface area contributed by atoms with Crippen LogP contribution in [0, 0.1) is 0 Å². The SMILES string of the molecule is CN1CCOC2(C1)CN(C(=O)N(C)C)C2. The number of rotatable bonds is 0. The van der Waals surface area contributed by atoms with Crippen molar-refractivity contribution in [2.24, 2.45) is 0 Å². The van der Waals surface area contributed by atoms with Crippen LogP contribution < -0.4 is 0 Å². The van der Waals surface area contributed by atoms with Crippen LogP contribution in [0.3, 0.4) is 0 Å². The Kier molecular flexibility index (Phi) is 2.60. The largest absolute Gasteiger partial charge is 0.369 e. The van der Waals surface area contributed by atoms with Crippen molar-refractivity contribution < 1.29 is 9.53 Å². The highest BCUT2D eigenvalue weighted by atomic mass is 16.5. The van der Waals surface area contributed by atoms with Gasteiger partial charge in [0.15, 0.2) is 0 Å². The molecule has 0 bridgehead atoms. The molecule has 0 aliphatic carbocycles. The summed E-state index contributed by atoms with van der Waals surface area (Å²) >= 11 is 0. The number of carbonyl (C=O) groups excluding carboxylic acids is 1. The predicted molar refractivity (Wildman–Crippen MR) is 56.8 cm³/mol. The van der Waals surface area contributed by atoms with Crippen molar-refractivity contribution in [2.75, 3.05) is 53.9 Å². The summed E-state index contributed by atoms with van der Waals surface area (Å²) < 4.78 is 5.78. The van der Waals surface area contributed by atoms with E-state index in [0.29, 0.717) is 0 Å². The second-order valence-corrected chi connectivity index (χ2v) is 4.80. The van der Waals surface area contributed by atoms with Crippen LogP contribution in [0.1, 0.15) is 0 Å². The van der Waals surface area contributed by atoms with Crippen molar-refractivity contribution in [3.05, 3.63) is 0 Å². The van der Waals surface area contributed by atoms with Gasteiger partial charge < -0.3 is 19.4 Å². The van der Waals surface area contributed by atoms with E-state index in [2.05, 4.69) is 11.9 Å². The molecule has 5 heteroatoms. The summed E-state index contributed by atoms with van der Waals surface area (Å²) in [6, 6.07) is 0.0810. The van der Waals surface area contributed by atoms with Crippen molar-refractivity contribution in [1.29, 1.82) is 0 Å². The number of likely N-dealkylation sites (tertiary alicyclic amines) is 1. The van der Waals surface area contributed by atoms with Gasteiger partial charge in [0, 0.05) is 27.2 Å². The zero-order valence-electron chi connectivity index (χ0n) is 9.69. The fourth-order valence-corrected chi connectivity index (χ4v) is 2.29. The Hall–Kier alpha value is -0.810. The topological polar surface area (TPSA) is 36.0 Å². The van der Waals surface area contributed by atoms with Gasteiger partial charge in [-0.2, -0.15) is 0 Å². The summed E-state index contributed by atoms with van der Waals surface area (Å²) in [4.78, 5) is 17.3. The molecular weight excluding hydrogens is 194 g/mol. The van der Waals surface area contributed by atoms with Crippen molar-refractivity contribution in [3.8, 4) is 0 Å². The highest BCUT2D eigenvalue weighted by Crippen LogP contribution is 2.29. The molecule has 2 fully saturated rings. The van der Waals surface area contributed by atoms with Crippen molar-refractivity contribution >= 4 is 6.03 Å². The zero-order chi connectivity index (χ0) is 11.1. The van der Waals surface area contributed by atoms with E-state index in [1.807, 2.05) is 4.90 Å². The van der Waals surface area contributed by atoms with Crippen LogP contribution in [0.5, 0.6) is 0 Å². The molecule has 2 rings (SSSR count). The third-order valence-corrected chi connectivity index (χ3v) is 3.05. The number of amides is 2. The number of hydrogen-bond acceptors (Lipinski definition) is 3. The van der Waals surface area contributed by atoms with Crippen LogP contribution >= 0.6 is 0 Å². The van der Waals surface area contributed by atoms with Gasteiger partial charge in [0.1, 0.15) is 5.60 Å². The van der Waals surface area contributed by atoms with Gasteiger partial charge in [-0.25, -0.2) is 4.79 Å². The lowest BCUT2D eigenvalue weighted by atomic mass is 9.92. The first-order valence-electron chi connectivity index (χ1n) is 5.31. The molecule has 1 spiro atoms. The number of urea groups is 1. The van der Waals surface area contributed by atoms with E-state index in [1.54, 1.807) is 19.0 Å². The molecule has 0 radical (unpaired) electrons. The lowest BCUT2D eigenvalue weighted by Crippen LogP contribution is -2.71. The molecule has 0 saturated carbocycles. The lowest BCUT2D eigenvalue weighted by Gasteiger charge is -2.53. The molecule has 0 unspecified atom stereocenters. The molecule has 2 heterocycles. The van der Waals surface area contributed by atoms with Gasteiger partial charge in [-0.3, -0.25) is 0 Å². The van der Waals surface area contributed by atoms with E-state index in [9.17, 15) is 4.79 Å². The molecule has 86 valence electrons. The van der Waals surface area contributed by atoms with Gasteiger partial charge in [-0.05, 0) is 7.05 Å². The Balaban J connectivity index is 1.88. The Morgan fingerprint density at radius 3 is 2.53 bits per heavy atom. The normalized spacial score (nSPS) is 25.1. The lowest BCUT2D eigenvalue weighted by molar-refractivity contribution is -0.168. The Bertz CT molecular complexity index is 261. The minimum absolute atomic E-state index is 0.0810. The molecule has 0 atom stereocenters. The van der Waals surface area contributed by atoms with E-state index in [0.717, 1.165) is 32.8 Å². The second kappa shape index (κ2) is 3.64. The molecule has 15 heavy (non-hydrogen) atoms. The number of likely N-dealkylation sites (N-methyl/N-ethyl adjacent to an activating group) is 1. The van der Waals surface area contributed by atoms with Crippen LogP contribution in [0.4, 0.5) is 4.79 Å². The van der Waals surface area contributed by atoms with Crippen LogP contribution in [-0.4, -0.2) is 80.3 Å². The highest BCUT2D eigenvalue weighted by molar-refractivity contribution is 5.75. The van der Waals surface area contributed by atoms with E-state index >= 15 is 0 Å². The van der Waals surface area contributed by atoms with Gasteiger partial charge >= 0.3 is 6.03 Å². The first-order valence-corrected chi connectivity index (χ1v) is 5.31. The van der Waals surface area contributed by atoms with Crippen molar-refractivity contribution in [3.63, 3.8) is 0 Å². The van der Waals surface area contributed by atoms with Gasteiger partial charge in [0.05, 0.1) is 19.7 Å². The van der Waals surface area contributed by atoms with E-state index in [-0.39, 0.29) is 11.6 Å². The predicted octanol–water partition coefficient (Wildman–Crippen LogP) is -0.316. The van der Waals surface area contributed by atoms with Gasteiger partial charge in [0.25, 0.3) is 0 Å². The van der Waals surface area contributed by atoms with Crippen LogP contribution in [0.15, 0.2) is 0 Å². The maximum absolute atomic E-state index is 11.6. The average Bonchev–Trinajstić information content (AvgIpc) is 2.12. The minimum Gasteiger partial charge on any atom is -0.369 e. The first kappa shape index (κ1) is 10.7. The van der Waals surface area contributed by atoms with Crippen molar-refractivity contribution in [1.82, 2.24) is 14.7 Å². The molecular formula is C10H19N3O2. The van der Waals surface area contributed by atoms with E-state index < -0.39 is 0 Å². The van der Waals surface area contributed by atoms with Gasteiger partial charge in [0.2, 0.25) is 0 Å². The Labute approximate surface area is 90.6 Å². The summed E-state index contributed by atoms with van der Waals surface area (Å²) in [6.07, 6.45) is 0. The molecule has 0 N–H and O–H groups in total. The van der Waals surface area contributed by atoms with E-state index in [1.165, 1.54) is 0 Å². The molecule has 2 aliphatic rings. The molecule has 0 aromatic rings. The summed E-state index contributed by atoms with van der Waals surface area (Å²) in [5.74, 6) is 0. The zero-order valence-corrected chi connectivity index (χ0v) is 9.69. The maximum Gasteiger partial charge on any atom is 0.319 e. The summed E-state index contributed by atoms with van der Waals surface area (Å²) in [7, 11) is 5.66. The Morgan fingerprint density at radius 2 is 2.00 bits per heavy atom. The first-order chi connectivity index (χ1) is 7.02. The number of morpholine rings is 1. The summed E-state index contributed by atoms with van der Waals surface area (Å²) in [6.45, 7) is 4.16. The van der Waals surface area contributed by atoms with Crippen LogP contribution in [-0.2, 0) is 4.74 Å². The molecule has 2 amide bonds. The molecule has 2 aliphatic heterocycles. The molecule has 2 saturated heterocycles. The minimum atomic E-state index is -0.0847. The van der Waals surface area contributed by atoms with Gasteiger partial charge in [-0.15, -0.1) is 0 Å². The fourth-order valence-electron chi connectivity index (χ4n) is 2.29. The standard InChI is InChI=1S/C10H19N3O2/c1-11(2)9(14)13-7-10(8-13)6-12(3)4-5-15-10/h4-8H2,1-3H3. The summed E-state index contributed by atoms with van der Waals surface area (Å²) in [5, 5.41) is 0.